The van der Waals surface area contributed by atoms with E-state index >= 15 is 0 Å². The molecule has 136 valence electrons. The molecule has 0 unspecified atom stereocenters. The highest BCUT2D eigenvalue weighted by atomic mass is 32.1. The quantitative estimate of drug-likeness (QED) is 0.843. The van der Waals surface area contributed by atoms with Gasteiger partial charge in [-0.1, -0.05) is 11.3 Å². The molecule has 2 aromatic rings. The van der Waals surface area contributed by atoms with Gasteiger partial charge in [-0.25, -0.2) is 9.78 Å². The number of hydrogen-bond acceptors (Lipinski definition) is 4. The molecule has 1 aromatic carbocycles. The molecule has 1 fully saturated rings. The second kappa shape index (κ2) is 6.05. The third kappa shape index (κ3) is 3.24. The molecule has 0 radical (unpaired) electrons. The first-order valence-corrected chi connectivity index (χ1v) is 8.54. The van der Waals surface area contributed by atoms with Crippen molar-refractivity contribution in [1.82, 2.24) is 9.88 Å². The molecule has 0 aliphatic carbocycles. The topological polar surface area (TPSA) is 54.5 Å². The number of rotatable bonds is 2. The molecule has 1 aliphatic rings. The monoisotopic (exact) mass is 373 g/mol. The summed E-state index contributed by atoms with van der Waals surface area (Å²) in [7, 11) is 1.55. The molecule has 1 saturated heterocycles. The van der Waals surface area contributed by atoms with Crippen LogP contribution in [0.2, 0.25) is 0 Å². The van der Waals surface area contributed by atoms with Crippen LogP contribution in [0.5, 0.6) is 5.75 Å². The summed E-state index contributed by atoms with van der Waals surface area (Å²) in [6.45, 7) is 2.95. The highest BCUT2D eigenvalue weighted by molar-refractivity contribution is 7.22. The van der Waals surface area contributed by atoms with Gasteiger partial charge in [0.25, 0.3) is 0 Å². The second-order valence-electron chi connectivity index (χ2n) is 6.47. The standard InChI is InChI=1S/C16H18F3N3O2S/c1-15(2)12(16(17,18)19)6-7-22(15)14(23)21-13-20-10-5-4-9(24-3)8-11(10)25-13/h4-5,8,12H,6-7H2,1-3H3,(H,20,21,23)/t12-/m0/s1. The van der Waals surface area contributed by atoms with Crippen LogP contribution in [-0.2, 0) is 0 Å². The minimum atomic E-state index is -4.33. The van der Waals surface area contributed by atoms with Crippen molar-refractivity contribution < 1.29 is 22.7 Å². The first kappa shape index (κ1) is 17.8. The van der Waals surface area contributed by atoms with Crippen LogP contribution in [0, 0.1) is 5.92 Å². The van der Waals surface area contributed by atoms with Crippen LogP contribution < -0.4 is 10.1 Å². The number of halogens is 3. The molecule has 25 heavy (non-hydrogen) atoms. The summed E-state index contributed by atoms with van der Waals surface area (Å²) in [5, 5.41) is 2.97. The Bertz CT molecular complexity index is 804. The number of nitrogens with zero attached hydrogens (tertiary/aromatic N) is 2. The van der Waals surface area contributed by atoms with Crippen molar-refractivity contribution in [2.45, 2.75) is 32.0 Å². The highest BCUT2D eigenvalue weighted by Gasteiger charge is 2.56. The Kier molecular flexibility index (Phi) is 4.30. The van der Waals surface area contributed by atoms with E-state index in [1.54, 1.807) is 25.3 Å². The molecule has 1 aromatic heterocycles. The van der Waals surface area contributed by atoms with Crippen LogP contribution in [-0.4, -0.2) is 41.3 Å². The van der Waals surface area contributed by atoms with Crippen molar-refractivity contribution in [3.05, 3.63) is 18.2 Å². The number of ether oxygens (including phenoxy) is 1. The van der Waals surface area contributed by atoms with E-state index < -0.39 is 23.7 Å². The maximum Gasteiger partial charge on any atom is 0.394 e. The average Bonchev–Trinajstić information content (AvgIpc) is 3.04. The third-order valence-corrected chi connectivity index (χ3v) is 5.57. The molecular formula is C16H18F3N3O2S. The lowest BCUT2D eigenvalue weighted by atomic mass is 9.88. The van der Waals surface area contributed by atoms with Gasteiger partial charge in [-0.05, 0) is 38.5 Å². The lowest BCUT2D eigenvalue weighted by Gasteiger charge is -2.36. The summed E-state index contributed by atoms with van der Waals surface area (Å²) in [6.07, 6.45) is -4.42. The van der Waals surface area contributed by atoms with Gasteiger partial charge < -0.3 is 9.64 Å². The molecule has 2 heterocycles. The molecule has 2 amide bonds. The van der Waals surface area contributed by atoms with E-state index in [9.17, 15) is 18.0 Å². The molecule has 9 heteroatoms. The van der Waals surface area contributed by atoms with Crippen molar-refractivity contribution in [2.24, 2.45) is 5.92 Å². The summed E-state index contributed by atoms with van der Waals surface area (Å²) in [6, 6.07) is 4.75. The van der Waals surface area contributed by atoms with E-state index in [-0.39, 0.29) is 13.0 Å². The molecule has 0 spiro atoms. The lowest BCUT2D eigenvalue weighted by Crippen LogP contribution is -2.51. The molecule has 0 bridgehead atoms. The number of likely N-dealkylation sites (tertiary alicyclic amines) is 1. The van der Waals surface area contributed by atoms with E-state index in [1.807, 2.05) is 0 Å². The van der Waals surface area contributed by atoms with Gasteiger partial charge in [-0.2, -0.15) is 13.2 Å². The van der Waals surface area contributed by atoms with Crippen molar-refractivity contribution in [3.8, 4) is 5.75 Å². The zero-order valence-corrected chi connectivity index (χ0v) is 14.8. The number of thiazole rings is 1. The fourth-order valence-electron chi connectivity index (χ4n) is 3.26. The van der Waals surface area contributed by atoms with Crippen LogP contribution in [0.15, 0.2) is 18.2 Å². The van der Waals surface area contributed by atoms with E-state index in [0.717, 1.165) is 4.70 Å². The van der Waals surface area contributed by atoms with Gasteiger partial charge in [-0.3, -0.25) is 5.32 Å². The largest absolute Gasteiger partial charge is 0.497 e. The number of fused-ring (bicyclic) bond motifs is 1. The van der Waals surface area contributed by atoms with Crippen LogP contribution >= 0.6 is 11.3 Å². The van der Waals surface area contributed by atoms with Gasteiger partial charge in [0.2, 0.25) is 0 Å². The predicted octanol–water partition coefficient (Wildman–Crippen LogP) is 4.50. The fraction of sp³-hybridized carbons (Fsp3) is 0.500. The van der Waals surface area contributed by atoms with Gasteiger partial charge in [0.05, 0.1) is 28.8 Å². The number of urea groups is 1. The number of hydrogen-bond donors (Lipinski definition) is 1. The minimum Gasteiger partial charge on any atom is -0.497 e. The molecule has 5 nitrogen and oxygen atoms in total. The van der Waals surface area contributed by atoms with E-state index in [0.29, 0.717) is 16.4 Å². The first-order chi connectivity index (χ1) is 11.6. The number of alkyl halides is 3. The molecule has 1 aliphatic heterocycles. The zero-order valence-electron chi connectivity index (χ0n) is 14.0. The Morgan fingerprint density at radius 1 is 1.44 bits per heavy atom. The smallest absolute Gasteiger partial charge is 0.394 e. The Hall–Kier alpha value is -2.03. The summed E-state index contributed by atoms with van der Waals surface area (Å²) in [5.41, 5.74) is -0.614. The van der Waals surface area contributed by atoms with Gasteiger partial charge >= 0.3 is 12.2 Å². The molecule has 3 rings (SSSR count). The SMILES string of the molecule is COc1ccc2nc(NC(=O)N3CC[C@H](C(F)(F)F)C3(C)C)sc2c1. The number of anilines is 1. The molecule has 1 atom stereocenters. The number of aromatic nitrogens is 1. The molecular weight excluding hydrogens is 355 g/mol. The Balaban J connectivity index is 1.78. The summed E-state index contributed by atoms with van der Waals surface area (Å²) in [4.78, 5) is 18.0. The lowest BCUT2D eigenvalue weighted by molar-refractivity contribution is -0.189. The average molecular weight is 373 g/mol. The number of carbonyl (C=O) groups excluding carboxylic acids is 1. The zero-order chi connectivity index (χ0) is 18.4. The predicted molar refractivity (Wildman–Crippen MR) is 90.1 cm³/mol. The van der Waals surface area contributed by atoms with Crippen LogP contribution in [0.3, 0.4) is 0 Å². The number of amides is 2. The maximum atomic E-state index is 13.2. The molecule has 0 saturated carbocycles. The first-order valence-electron chi connectivity index (χ1n) is 7.73. The number of methoxy groups -OCH3 is 1. The van der Waals surface area contributed by atoms with E-state index in [4.69, 9.17) is 4.74 Å². The fourth-order valence-corrected chi connectivity index (χ4v) is 4.14. The van der Waals surface area contributed by atoms with E-state index in [1.165, 1.54) is 30.1 Å². The van der Waals surface area contributed by atoms with Crippen LogP contribution in [0.1, 0.15) is 20.3 Å². The van der Waals surface area contributed by atoms with Gasteiger partial charge in [0.15, 0.2) is 5.13 Å². The van der Waals surface area contributed by atoms with Gasteiger partial charge in [0.1, 0.15) is 5.75 Å². The summed E-state index contributed by atoms with van der Waals surface area (Å²) >= 11 is 1.25. The normalized spacial score (nSPS) is 20.1. The van der Waals surface area contributed by atoms with Gasteiger partial charge in [-0.15, -0.1) is 0 Å². The van der Waals surface area contributed by atoms with Gasteiger partial charge in [0, 0.05) is 6.54 Å². The highest BCUT2D eigenvalue weighted by Crippen LogP contribution is 2.45. The van der Waals surface area contributed by atoms with Crippen LogP contribution in [0.25, 0.3) is 10.2 Å². The van der Waals surface area contributed by atoms with E-state index in [2.05, 4.69) is 10.3 Å². The number of nitrogens with one attached hydrogen (secondary N) is 1. The molecule has 1 N–H and O–H groups in total. The Labute approximate surface area is 146 Å². The minimum absolute atomic E-state index is 0.0573. The summed E-state index contributed by atoms with van der Waals surface area (Å²) < 4.78 is 45.4. The summed E-state index contributed by atoms with van der Waals surface area (Å²) in [5.74, 6) is -0.867. The maximum absolute atomic E-state index is 13.2. The van der Waals surface area contributed by atoms with Crippen molar-refractivity contribution in [1.29, 1.82) is 0 Å². The van der Waals surface area contributed by atoms with Crippen LogP contribution in [0.4, 0.5) is 23.1 Å². The van der Waals surface area contributed by atoms with Crippen molar-refractivity contribution in [2.75, 3.05) is 19.0 Å². The van der Waals surface area contributed by atoms with Crippen molar-refractivity contribution in [3.63, 3.8) is 0 Å². The number of benzene rings is 1. The third-order valence-electron chi connectivity index (χ3n) is 4.64. The number of carbonyl (C=O) groups is 1. The Morgan fingerprint density at radius 2 is 2.16 bits per heavy atom. The second-order valence-corrected chi connectivity index (χ2v) is 7.50. The Morgan fingerprint density at radius 3 is 2.76 bits per heavy atom. The van der Waals surface area contributed by atoms with Crippen molar-refractivity contribution >= 4 is 32.7 Å².